The number of hydrogen-bond acceptors (Lipinski definition) is 7. The number of nitrogens with zero attached hydrogens (tertiary/aromatic N) is 6. The van der Waals surface area contributed by atoms with Crippen LogP contribution in [0.3, 0.4) is 0 Å². The Bertz CT molecular complexity index is 1160. The smallest absolute Gasteiger partial charge is 0.323 e. The molecule has 2 aromatic heterocycles. The largest absolute Gasteiger partial charge is 0.422 e. The van der Waals surface area contributed by atoms with Crippen molar-refractivity contribution in [3.63, 3.8) is 0 Å². The highest BCUT2D eigenvalue weighted by molar-refractivity contribution is 7.97. The van der Waals surface area contributed by atoms with Gasteiger partial charge in [-0.3, -0.25) is 4.68 Å². The summed E-state index contributed by atoms with van der Waals surface area (Å²) in [4.78, 5) is 19.6. The second-order valence-corrected chi connectivity index (χ2v) is 9.88. The molecule has 3 aromatic rings. The van der Waals surface area contributed by atoms with E-state index in [9.17, 15) is 4.79 Å². The molecule has 11 heteroatoms. The van der Waals surface area contributed by atoms with Crippen molar-refractivity contribution in [1.82, 2.24) is 29.9 Å². The number of halogens is 1. The van der Waals surface area contributed by atoms with Gasteiger partial charge in [0.2, 0.25) is 11.8 Å². The number of rotatable bonds is 5. The number of likely N-dealkylation sites (tertiary alicyclic amines) is 1. The van der Waals surface area contributed by atoms with Crippen molar-refractivity contribution in [2.45, 2.75) is 43.5 Å². The van der Waals surface area contributed by atoms with Gasteiger partial charge in [-0.05, 0) is 43.2 Å². The number of nitrogens with one attached hydrogen (secondary N) is 1. The highest BCUT2D eigenvalue weighted by atomic mass is 35.5. The Morgan fingerprint density at radius 1 is 1.38 bits per heavy atom. The molecule has 1 aromatic carbocycles. The van der Waals surface area contributed by atoms with Gasteiger partial charge in [-0.15, -0.1) is 10.2 Å². The maximum absolute atomic E-state index is 13.4. The number of piperidine rings is 1. The van der Waals surface area contributed by atoms with Gasteiger partial charge < -0.3 is 14.6 Å². The molecule has 2 bridgehead atoms. The molecule has 2 fully saturated rings. The van der Waals surface area contributed by atoms with Crippen LogP contribution in [0.15, 0.2) is 28.9 Å². The maximum atomic E-state index is 13.4. The first-order chi connectivity index (χ1) is 15.4. The first-order valence-electron chi connectivity index (χ1n) is 10.5. The van der Waals surface area contributed by atoms with E-state index in [0.29, 0.717) is 45.6 Å². The molecule has 1 saturated heterocycles. The van der Waals surface area contributed by atoms with E-state index in [2.05, 4.69) is 32.5 Å². The van der Waals surface area contributed by atoms with E-state index in [1.807, 2.05) is 11.2 Å². The molecule has 0 spiro atoms. The van der Waals surface area contributed by atoms with Crippen LogP contribution in [0, 0.1) is 5.92 Å². The number of urea groups is 1. The van der Waals surface area contributed by atoms with E-state index in [-0.39, 0.29) is 12.1 Å². The molecule has 1 aliphatic heterocycles. The number of hydrogen-bond donors (Lipinski definition) is 1. The molecule has 2 aliphatic rings. The van der Waals surface area contributed by atoms with E-state index in [1.165, 1.54) is 0 Å². The number of fused-ring (bicyclic) bond motifs is 2. The van der Waals surface area contributed by atoms with Gasteiger partial charge in [0.25, 0.3) is 0 Å². The van der Waals surface area contributed by atoms with Crippen molar-refractivity contribution < 1.29 is 9.21 Å². The molecule has 32 heavy (non-hydrogen) atoms. The van der Waals surface area contributed by atoms with Crippen LogP contribution in [0.5, 0.6) is 0 Å². The number of benzene rings is 1. The zero-order valence-corrected chi connectivity index (χ0v) is 19.7. The predicted molar refractivity (Wildman–Crippen MR) is 122 cm³/mol. The lowest BCUT2D eigenvalue weighted by atomic mass is 9.64. The number of thioether (sulfide) groups is 1. The van der Waals surface area contributed by atoms with Crippen LogP contribution in [0.1, 0.15) is 38.0 Å². The minimum atomic E-state index is -0.548. The van der Waals surface area contributed by atoms with Gasteiger partial charge in [0.1, 0.15) is 11.9 Å². The molecule has 1 saturated carbocycles. The number of anilines is 1. The number of aromatic nitrogens is 5. The Morgan fingerprint density at radius 3 is 2.97 bits per heavy atom. The lowest BCUT2D eigenvalue weighted by Gasteiger charge is -2.61. The average Bonchev–Trinajstić information content (AvgIpc) is 3.38. The lowest BCUT2D eigenvalue weighted by Crippen LogP contribution is -2.70. The normalized spacial score (nSPS) is 24.3. The fraction of sp³-hybridized carbons (Fsp3) is 0.476. The molecule has 0 radical (unpaired) electrons. The van der Waals surface area contributed by atoms with Crippen molar-refractivity contribution in [3.05, 3.63) is 41.3 Å². The van der Waals surface area contributed by atoms with Crippen molar-refractivity contribution >= 4 is 35.1 Å². The fourth-order valence-electron chi connectivity index (χ4n) is 4.99. The lowest BCUT2D eigenvalue weighted by molar-refractivity contribution is -0.110. The summed E-state index contributed by atoms with van der Waals surface area (Å²) in [5.41, 5.74) is 0.743. The van der Waals surface area contributed by atoms with Crippen molar-refractivity contribution in [1.29, 1.82) is 0 Å². The van der Waals surface area contributed by atoms with Crippen LogP contribution in [-0.4, -0.2) is 48.2 Å². The summed E-state index contributed by atoms with van der Waals surface area (Å²) in [5.74, 6) is 2.77. The molecule has 1 N–H and O–H groups in total. The zero-order chi connectivity index (χ0) is 22.5. The van der Waals surface area contributed by atoms with Gasteiger partial charge in [-0.2, -0.15) is 16.9 Å². The minimum absolute atomic E-state index is 0.152. The quantitative estimate of drug-likeness (QED) is 0.588. The third kappa shape index (κ3) is 3.55. The Kier molecular flexibility index (Phi) is 5.37. The van der Waals surface area contributed by atoms with Gasteiger partial charge >= 0.3 is 6.03 Å². The third-order valence-corrected chi connectivity index (χ3v) is 7.04. The van der Waals surface area contributed by atoms with E-state index in [0.717, 1.165) is 19.3 Å². The van der Waals surface area contributed by atoms with Crippen LogP contribution >= 0.6 is 23.4 Å². The molecule has 3 atom stereocenters. The van der Waals surface area contributed by atoms with Gasteiger partial charge in [0, 0.05) is 30.8 Å². The monoisotopic (exact) mass is 473 g/mol. The standard InChI is InChI=1S/C21H24ClN7O2S/c1-12-6-14-9-21(8-12,19-26-25-17(31-19)10-32-3)29(14)20(30)24-13-4-5-16(22)15(7-13)18-23-11-28(2)27-18/h4-5,7,11-12,14H,6,8-10H2,1-3H3,(H,24,30). The zero-order valence-electron chi connectivity index (χ0n) is 18.1. The second kappa shape index (κ2) is 8.08. The molecule has 2 amide bonds. The SMILES string of the molecule is CSCc1nnc(C23CC(C)CC(C2)N3C(=O)Nc2ccc(Cl)c(-c3ncn(C)n3)c2)o1. The van der Waals surface area contributed by atoms with Gasteiger partial charge in [0.05, 0.1) is 10.8 Å². The van der Waals surface area contributed by atoms with Crippen molar-refractivity contribution in [2.75, 3.05) is 11.6 Å². The Morgan fingerprint density at radius 2 is 2.22 bits per heavy atom. The molecule has 3 heterocycles. The van der Waals surface area contributed by atoms with Gasteiger partial charge in [-0.25, -0.2) is 9.78 Å². The number of carbonyl (C=O) groups excluding carboxylic acids is 1. The average molecular weight is 474 g/mol. The number of aryl methyl sites for hydroxylation is 1. The second-order valence-electron chi connectivity index (χ2n) is 8.61. The highest BCUT2D eigenvalue weighted by Gasteiger charge is 2.62. The van der Waals surface area contributed by atoms with Crippen LogP contribution in [0.4, 0.5) is 10.5 Å². The molecular formula is C21H24ClN7O2S. The van der Waals surface area contributed by atoms with E-state index in [1.54, 1.807) is 48.0 Å². The van der Waals surface area contributed by atoms with E-state index in [4.69, 9.17) is 16.0 Å². The Balaban J connectivity index is 1.41. The molecular weight excluding hydrogens is 450 g/mol. The topological polar surface area (TPSA) is 102 Å². The molecule has 5 rings (SSSR count). The first-order valence-corrected chi connectivity index (χ1v) is 12.2. The van der Waals surface area contributed by atoms with E-state index < -0.39 is 5.54 Å². The van der Waals surface area contributed by atoms with Crippen LogP contribution in [0.25, 0.3) is 11.4 Å². The molecule has 1 aliphatic carbocycles. The van der Waals surface area contributed by atoms with Gasteiger partial charge in [0.15, 0.2) is 5.82 Å². The van der Waals surface area contributed by atoms with E-state index >= 15 is 0 Å². The number of amides is 2. The summed E-state index contributed by atoms with van der Waals surface area (Å²) in [6, 6.07) is 5.29. The van der Waals surface area contributed by atoms with Crippen LogP contribution in [-0.2, 0) is 18.3 Å². The number of carbonyl (C=O) groups is 1. The summed E-state index contributed by atoms with van der Waals surface area (Å²) in [6.45, 7) is 2.21. The van der Waals surface area contributed by atoms with Crippen molar-refractivity contribution in [3.8, 4) is 11.4 Å². The summed E-state index contributed by atoms with van der Waals surface area (Å²) in [5, 5.41) is 16.4. The Labute approximate surface area is 194 Å². The first kappa shape index (κ1) is 21.3. The summed E-state index contributed by atoms with van der Waals surface area (Å²) >= 11 is 7.99. The summed E-state index contributed by atoms with van der Waals surface area (Å²) < 4.78 is 7.59. The van der Waals surface area contributed by atoms with Crippen LogP contribution < -0.4 is 5.32 Å². The maximum Gasteiger partial charge on any atom is 0.323 e. The van der Waals surface area contributed by atoms with Crippen molar-refractivity contribution in [2.24, 2.45) is 13.0 Å². The molecule has 9 nitrogen and oxygen atoms in total. The summed E-state index contributed by atoms with van der Waals surface area (Å²) in [7, 11) is 1.79. The minimum Gasteiger partial charge on any atom is -0.422 e. The Hall–Kier alpha value is -2.59. The van der Waals surface area contributed by atoms with Crippen LogP contribution in [0.2, 0.25) is 5.02 Å². The fourth-order valence-corrected chi connectivity index (χ4v) is 5.56. The third-order valence-electron chi connectivity index (χ3n) is 6.17. The highest BCUT2D eigenvalue weighted by Crippen LogP contribution is 2.55. The molecule has 168 valence electrons. The molecule has 3 unspecified atom stereocenters. The predicted octanol–water partition coefficient (Wildman–Crippen LogP) is 4.31. The van der Waals surface area contributed by atoms with Gasteiger partial charge in [-0.1, -0.05) is 18.5 Å². The summed E-state index contributed by atoms with van der Waals surface area (Å²) in [6.07, 6.45) is 6.21.